The highest BCUT2D eigenvalue weighted by Gasteiger charge is 2.34. The number of carbonyl (C=O) groups excluding carboxylic acids is 1. The zero-order chi connectivity index (χ0) is 17.9. The van der Waals surface area contributed by atoms with Crippen LogP contribution in [0.4, 0.5) is 13.2 Å². The summed E-state index contributed by atoms with van der Waals surface area (Å²) >= 11 is 0. The first-order valence-electron chi connectivity index (χ1n) is 8.29. The van der Waals surface area contributed by atoms with Crippen molar-refractivity contribution < 1.29 is 18.0 Å². The van der Waals surface area contributed by atoms with E-state index in [4.69, 9.17) is 0 Å². The predicted octanol–water partition coefficient (Wildman–Crippen LogP) is 2.78. The summed E-state index contributed by atoms with van der Waals surface area (Å²) in [5, 5.41) is 3.82. The fourth-order valence-electron chi connectivity index (χ4n) is 3.28. The Morgan fingerprint density at radius 3 is 2.88 bits per heavy atom. The molecule has 1 unspecified atom stereocenters. The van der Waals surface area contributed by atoms with Gasteiger partial charge in [-0.05, 0) is 30.5 Å². The number of fused-ring (bicyclic) bond motifs is 1. The van der Waals surface area contributed by atoms with E-state index in [1.807, 2.05) is 30.3 Å². The Morgan fingerprint density at radius 1 is 1.28 bits per heavy atom. The lowest BCUT2D eigenvalue weighted by atomic mass is 10.1. The number of nitrogens with one attached hydrogen (secondary N) is 1. The van der Waals surface area contributed by atoms with Gasteiger partial charge in [0.1, 0.15) is 0 Å². The summed E-state index contributed by atoms with van der Waals surface area (Å²) in [7, 11) is 0. The standard InChI is InChI=1S/C18H20F3N3O/c19-18(20,21)12-24-8-6-13(11-24)10-23-16(25)9-15-4-1-3-14-5-2-7-22-17(14)15/h1-5,7,13H,6,8-12H2,(H,23,25). The molecule has 1 N–H and O–H groups in total. The Morgan fingerprint density at radius 2 is 2.08 bits per heavy atom. The van der Waals surface area contributed by atoms with E-state index >= 15 is 0 Å². The third-order valence-electron chi connectivity index (χ3n) is 4.43. The van der Waals surface area contributed by atoms with Gasteiger partial charge in [-0.25, -0.2) is 0 Å². The van der Waals surface area contributed by atoms with Crippen LogP contribution in [0.3, 0.4) is 0 Å². The number of alkyl halides is 3. The number of benzene rings is 1. The maximum absolute atomic E-state index is 12.4. The van der Waals surface area contributed by atoms with Crippen LogP contribution in [0.1, 0.15) is 12.0 Å². The van der Waals surface area contributed by atoms with E-state index in [2.05, 4.69) is 10.3 Å². The molecule has 0 saturated carbocycles. The van der Waals surface area contributed by atoms with Gasteiger partial charge in [0, 0.05) is 24.7 Å². The molecule has 3 rings (SSSR count). The summed E-state index contributed by atoms with van der Waals surface area (Å²) in [6, 6.07) is 9.49. The number of para-hydroxylation sites is 1. The van der Waals surface area contributed by atoms with E-state index in [0.717, 1.165) is 16.5 Å². The van der Waals surface area contributed by atoms with Crippen molar-refractivity contribution in [2.75, 3.05) is 26.2 Å². The molecule has 1 aliphatic rings. The molecule has 1 atom stereocenters. The molecule has 1 aromatic heterocycles. The van der Waals surface area contributed by atoms with Crippen LogP contribution in [0.5, 0.6) is 0 Å². The zero-order valence-corrected chi connectivity index (χ0v) is 13.7. The number of pyridine rings is 1. The molecule has 1 saturated heterocycles. The van der Waals surface area contributed by atoms with Crippen LogP contribution in [0.15, 0.2) is 36.5 Å². The molecule has 7 heteroatoms. The van der Waals surface area contributed by atoms with Crippen molar-refractivity contribution >= 4 is 16.8 Å². The Hall–Kier alpha value is -2.15. The van der Waals surface area contributed by atoms with Gasteiger partial charge in [0.15, 0.2) is 0 Å². The second kappa shape index (κ2) is 7.39. The number of aromatic nitrogens is 1. The average Bonchev–Trinajstić information content (AvgIpc) is 2.99. The lowest BCUT2D eigenvalue weighted by Gasteiger charge is -2.18. The van der Waals surface area contributed by atoms with Crippen molar-refractivity contribution in [3.05, 3.63) is 42.1 Å². The molecule has 25 heavy (non-hydrogen) atoms. The van der Waals surface area contributed by atoms with Crippen LogP contribution in [-0.4, -0.2) is 48.1 Å². The van der Waals surface area contributed by atoms with E-state index in [-0.39, 0.29) is 18.2 Å². The van der Waals surface area contributed by atoms with Gasteiger partial charge in [-0.3, -0.25) is 14.7 Å². The number of amides is 1. The molecule has 0 spiro atoms. The quantitative estimate of drug-likeness (QED) is 0.901. The van der Waals surface area contributed by atoms with Crippen LogP contribution >= 0.6 is 0 Å². The van der Waals surface area contributed by atoms with Crippen LogP contribution in [0.2, 0.25) is 0 Å². The highest BCUT2D eigenvalue weighted by atomic mass is 19.4. The molecular formula is C18H20F3N3O. The molecule has 0 bridgehead atoms. The fraction of sp³-hybridized carbons (Fsp3) is 0.444. The Bertz CT molecular complexity index is 742. The summed E-state index contributed by atoms with van der Waals surface area (Å²) < 4.78 is 37.2. The Kier molecular flexibility index (Phi) is 5.22. The predicted molar refractivity (Wildman–Crippen MR) is 89.1 cm³/mol. The molecule has 1 aromatic carbocycles. The van der Waals surface area contributed by atoms with E-state index in [1.165, 1.54) is 4.90 Å². The summed E-state index contributed by atoms with van der Waals surface area (Å²) in [5.74, 6) is -0.0654. The number of halogens is 3. The minimum absolute atomic E-state index is 0.0666. The molecule has 2 aromatic rings. The number of likely N-dealkylation sites (tertiary alicyclic amines) is 1. The smallest absolute Gasteiger partial charge is 0.355 e. The van der Waals surface area contributed by atoms with Crippen molar-refractivity contribution in [3.63, 3.8) is 0 Å². The van der Waals surface area contributed by atoms with E-state index in [0.29, 0.717) is 26.1 Å². The van der Waals surface area contributed by atoms with Crippen molar-refractivity contribution in [2.45, 2.75) is 19.0 Å². The Labute approximate surface area is 144 Å². The third-order valence-corrected chi connectivity index (χ3v) is 4.43. The van der Waals surface area contributed by atoms with E-state index < -0.39 is 12.7 Å². The van der Waals surface area contributed by atoms with Crippen molar-refractivity contribution in [1.82, 2.24) is 15.2 Å². The van der Waals surface area contributed by atoms with Crippen LogP contribution < -0.4 is 5.32 Å². The molecule has 0 aliphatic carbocycles. The van der Waals surface area contributed by atoms with Crippen LogP contribution in [0.25, 0.3) is 10.9 Å². The van der Waals surface area contributed by atoms with Crippen molar-refractivity contribution in [2.24, 2.45) is 5.92 Å². The number of nitrogens with zero attached hydrogens (tertiary/aromatic N) is 2. The van der Waals surface area contributed by atoms with Gasteiger partial charge in [-0.15, -0.1) is 0 Å². The molecular weight excluding hydrogens is 331 g/mol. The maximum atomic E-state index is 12.4. The summed E-state index contributed by atoms with van der Waals surface area (Å²) in [5.41, 5.74) is 1.65. The first-order valence-corrected chi connectivity index (χ1v) is 8.29. The Balaban J connectivity index is 1.50. The highest BCUT2D eigenvalue weighted by molar-refractivity contribution is 5.87. The first-order chi connectivity index (χ1) is 11.9. The summed E-state index contributed by atoms with van der Waals surface area (Å²) in [4.78, 5) is 17.9. The van der Waals surface area contributed by atoms with E-state index in [9.17, 15) is 18.0 Å². The number of carbonyl (C=O) groups is 1. The number of hydrogen-bond acceptors (Lipinski definition) is 3. The largest absolute Gasteiger partial charge is 0.401 e. The summed E-state index contributed by atoms with van der Waals surface area (Å²) in [6.45, 7) is 0.327. The SMILES string of the molecule is O=C(Cc1cccc2cccnc12)NCC1CCN(CC(F)(F)F)C1. The van der Waals surface area contributed by atoms with Crippen LogP contribution in [-0.2, 0) is 11.2 Å². The van der Waals surface area contributed by atoms with Gasteiger partial charge in [-0.2, -0.15) is 13.2 Å². The van der Waals surface area contributed by atoms with Crippen LogP contribution in [0, 0.1) is 5.92 Å². The lowest BCUT2D eigenvalue weighted by molar-refractivity contribution is -0.143. The molecule has 1 amide bonds. The molecule has 4 nitrogen and oxygen atoms in total. The van der Waals surface area contributed by atoms with Crippen molar-refractivity contribution in [1.29, 1.82) is 0 Å². The second-order valence-corrected chi connectivity index (χ2v) is 6.48. The number of hydrogen-bond donors (Lipinski definition) is 1. The maximum Gasteiger partial charge on any atom is 0.401 e. The monoisotopic (exact) mass is 351 g/mol. The van der Waals surface area contributed by atoms with Gasteiger partial charge < -0.3 is 5.32 Å². The fourth-order valence-corrected chi connectivity index (χ4v) is 3.28. The minimum Gasteiger partial charge on any atom is -0.355 e. The second-order valence-electron chi connectivity index (χ2n) is 6.48. The molecule has 0 radical (unpaired) electrons. The molecule has 1 fully saturated rings. The molecule has 1 aliphatic heterocycles. The zero-order valence-electron chi connectivity index (χ0n) is 13.7. The van der Waals surface area contributed by atoms with E-state index in [1.54, 1.807) is 6.20 Å². The third kappa shape index (κ3) is 4.92. The molecule has 2 heterocycles. The van der Waals surface area contributed by atoms with Gasteiger partial charge in [0.25, 0.3) is 0 Å². The number of rotatable bonds is 5. The van der Waals surface area contributed by atoms with Crippen molar-refractivity contribution in [3.8, 4) is 0 Å². The highest BCUT2D eigenvalue weighted by Crippen LogP contribution is 2.22. The van der Waals surface area contributed by atoms with Gasteiger partial charge in [0.2, 0.25) is 5.91 Å². The topological polar surface area (TPSA) is 45.2 Å². The average molecular weight is 351 g/mol. The summed E-state index contributed by atoms with van der Waals surface area (Å²) in [6.07, 6.45) is -1.59. The minimum atomic E-state index is -4.17. The molecule has 134 valence electrons. The van der Waals surface area contributed by atoms with Gasteiger partial charge in [-0.1, -0.05) is 24.3 Å². The first kappa shape index (κ1) is 17.7. The van der Waals surface area contributed by atoms with Gasteiger partial charge in [0.05, 0.1) is 18.5 Å². The lowest BCUT2D eigenvalue weighted by Crippen LogP contribution is -2.35. The van der Waals surface area contributed by atoms with Gasteiger partial charge >= 0.3 is 6.18 Å². The normalized spacial score (nSPS) is 18.6.